The molecule has 8 nitrogen and oxygen atoms in total. The van der Waals surface area contributed by atoms with E-state index in [0.29, 0.717) is 36.0 Å². The van der Waals surface area contributed by atoms with Gasteiger partial charge in [-0.2, -0.15) is 5.10 Å². The second-order valence-electron chi connectivity index (χ2n) is 9.31. The number of nitrogens with one attached hydrogen (secondary N) is 1. The maximum absolute atomic E-state index is 14.0. The molecule has 1 aliphatic heterocycles. The second-order valence-corrected chi connectivity index (χ2v) is 9.31. The summed E-state index contributed by atoms with van der Waals surface area (Å²) in [6.45, 7) is 4.77. The maximum atomic E-state index is 14.0. The Morgan fingerprint density at radius 3 is 2.34 bits per heavy atom. The molecule has 4 aromatic rings. The number of rotatable bonds is 8. The van der Waals surface area contributed by atoms with Crippen LogP contribution in [0.1, 0.15) is 29.9 Å². The molecule has 3 aromatic carbocycles. The Labute approximate surface area is 221 Å². The second kappa shape index (κ2) is 10.4. The van der Waals surface area contributed by atoms with Gasteiger partial charge in [-0.3, -0.25) is 19.2 Å². The molecule has 8 heteroatoms. The van der Waals surface area contributed by atoms with E-state index in [1.165, 1.54) is 0 Å². The number of aromatic nitrogens is 2. The van der Waals surface area contributed by atoms with Crippen LogP contribution < -0.4 is 19.7 Å². The summed E-state index contributed by atoms with van der Waals surface area (Å²) in [7, 11) is 1.61. The molecule has 1 aliphatic rings. The SMILES string of the molecule is CCOc1ccc(N2C(=O)c3cc(-c4ccc(OC)cc4)nn3C[C@@]2(C)C(=O)NCc2ccccc2)cc1. The highest BCUT2D eigenvalue weighted by molar-refractivity contribution is 6.12. The fourth-order valence-electron chi connectivity index (χ4n) is 4.72. The zero-order valence-corrected chi connectivity index (χ0v) is 21.7. The van der Waals surface area contributed by atoms with Gasteiger partial charge >= 0.3 is 0 Å². The summed E-state index contributed by atoms with van der Waals surface area (Å²) in [5, 5.41) is 7.75. The summed E-state index contributed by atoms with van der Waals surface area (Å²) in [5.74, 6) is 0.863. The van der Waals surface area contributed by atoms with E-state index in [2.05, 4.69) is 5.32 Å². The van der Waals surface area contributed by atoms with E-state index in [1.807, 2.05) is 85.8 Å². The van der Waals surface area contributed by atoms with E-state index in [-0.39, 0.29) is 18.4 Å². The van der Waals surface area contributed by atoms with Crippen molar-refractivity contribution >= 4 is 17.5 Å². The lowest BCUT2D eigenvalue weighted by Gasteiger charge is -2.43. The molecular weight excluding hydrogens is 480 g/mol. The van der Waals surface area contributed by atoms with Gasteiger partial charge in [-0.05, 0) is 74.0 Å². The first-order chi connectivity index (χ1) is 18.4. The molecule has 0 saturated carbocycles. The average Bonchev–Trinajstić information content (AvgIpc) is 3.37. The lowest BCUT2D eigenvalue weighted by atomic mass is 9.93. The summed E-state index contributed by atoms with van der Waals surface area (Å²) in [6.07, 6.45) is 0. The van der Waals surface area contributed by atoms with E-state index in [9.17, 15) is 9.59 Å². The highest BCUT2D eigenvalue weighted by Gasteiger charge is 2.48. The average molecular weight is 511 g/mol. The molecule has 2 heterocycles. The van der Waals surface area contributed by atoms with Gasteiger partial charge in [-0.15, -0.1) is 0 Å². The van der Waals surface area contributed by atoms with Gasteiger partial charge in [0.2, 0.25) is 5.91 Å². The van der Waals surface area contributed by atoms with Gasteiger partial charge in [0.15, 0.2) is 0 Å². The van der Waals surface area contributed by atoms with Crippen molar-refractivity contribution in [3.05, 3.63) is 96.2 Å². The number of methoxy groups -OCH3 is 1. The van der Waals surface area contributed by atoms with Crippen LogP contribution in [-0.2, 0) is 17.9 Å². The normalized spacial score (nSPS) is 16.6. The predicted octanol–water partition coefficient (Wildman–Crippen LogP) is 4.69. The van der Waals surface area contributed by atoms with Crippen LogP contribution in [0.4, 0.5) is 5.69 Å². The number of carbonyl (C=O) groups is 2. The number of nitrogens with zero attached hydrogens (tertiary/aromatic N) is 3. The van der Waals surface area contributed by atoms with Crippen LogP contribution in [0, 0.1) is 0 Å². The molecule has 5 rings (SSSR count). The first-order valence-corrected chi connectivity index (χ1v) is 12.5. The van der Waals surface area contributed by atoms with Crippen LogP contribution in [0.15, 0.2) is 84.9 Å². The zero-order chi connectivity index (χ0) is 26.7. The van der Waals surface area contributed by atoms with Gasteiger partial charge in [0.25, 0.3) is 5.91 Å². The van der Waals surface area contributed by atoms with Crippen molar-refractivity contribution in [2.45, 2.75) is 32.5 Å². The number of ether oxygens (including phenoxy) is 2. The first kappa shape index (κ1) is 25.1. The summed E-state index contributed by atoms with van der Waals surface area (Å²) < 4.78 is 12.5. The van der Waals surface area contributed by atoms with Crippen LogP contribution in [0.5, 0.6) is 11.5 Å². The third-order valence-corrected chi connectivity index (χ3v) is 6.73. The van der Waals surface area contributed by atoms with Gasteiger partial charge in [0, 0.05) is 17.8 Å². The first-order valence-electron chi connectivity index (χ1n) is 12.5. The highest BCUT2D eigenvalue weighted by Crippen LogP contribution is 2.35. The molecule has 0 fully saturated rings. The lowest BCUT2D eigenvalue weighted by Crippen LogP contribution is -2.64. The van der Waals surface area contributed by atoms with Gasteiger partial charge in [-0.1, -0.05) is 30.3 Å². The monoisotopic (exact) mass is 510 g/mol. The standard InChI is InChI=1S/C30H30N4O4/c1-4-38-25-16-12-23(13-17-25)34-28(35)27-18-26(22-10-14-24(37-3)15-11-22)32-33(27)20-30(34,2)29(36)31-19-21-8-6-5-7-9-21/h5-18H,4,19-20H2,1-3H3,(H,31,36)/t30-/m0/s1. The third kappa shape index (κ3) is 4.72. The fraction of sp³-hybridized carbons (Fsp3) is 0.233. The largest absolute Gasteiger partial charge is 0.497 e. The van der Waals surface area contributed by atoms with E-state index >= 15 is 0 Å². The number of fused-ring (bicyclic) bond motifs is 1. The van der Waals surface area contributed by atoms with Crippen LogP contribution in [0.2, 0.25) is 0 Å². The van der Waals surface area contributed by atoms with Crippen molar-refractivity contribution in [3.8, 4) is 22.8 Å². The van der Waals surface area contributed by atoms with E-state index in [4.69, 9.17) is 14.6 Å². The fourth-order valence-corrected chi connectivity index (χ4v) is 4.72. The third-order valence-electron chi connectivity index (χ3n) is 6.73. The van der Waals surface area contributed by atoms with E-state index in [1.54, 1.807) is 29.7 Å². The molecule has 1 aromatic heterocycles. The quantitative estimate of drug-likeness (QED) is 0.372. The Morgan fingerprint density at radius 1 is 1.00 bits per heavy atom. The summed E-state index contributed by atoms with van der Waals surface area (Å²) in [4.78, 5) is 29.3. The van der Waals surface area contributed by atoms with Crippen molar-refractivity contribution < 1.29 is 19.1 Å². The summed E-state index contributed by atoms with van der Waals surface area (Å²) >= 11 is 0. The molecule has 0 unspecified atom stereocenters. The Morgan fingerprint density at radius 2 is 1.68 bits per heavy atom. The van der Waals surface area contributed by atoms with Crippen molar-refractivity contribution in [1.82, 2.24) is 15.1 Å². The number of benzene rings is 3. The summed E-state index contributed by atoms with van der Waals surface area (Å²) in [6, 6.07) is 26.2. The number of hydrogen-bond donors (Lipinski definition) is 1. The van der Waals surface area contributed by atoms with Crippen LogP contribution >= 0.6 is 0 Å². The number of hydrogen-bond acceptors (Lipinski definition) is 5. The number of amides is 2. The minimum absolute atomic E-state index is 0.193. The topological polar surface area (TPSA) is 85.7 Å². The molecule has 0 saturated heterocycles. The van der Waals surface area contributed by atoms with Gasteiger partial charge in [0.1, 0.15) is 22.7 Å². The Balaban J connectivity index is 1.52. The van der Waals surface area contributed by atoms with Gasteiger partial charge in [0.05, 0.1) is 26.0 Å². The molecule has 0 spiro atoms. The smallest absolute Gasteiger partial charge is 0.277 e. The zero-order valence-electron chi connectivity index (χ0n) is 21.7. The molecule has 0 aliphatic carbocycles. The Hall–Kier alpha value is -4.59. The summed E-state index contributed by atoms with van der Waals surface area (Å²) in [5.41, 5.74) is 2.27. The molecule has 38 heavy (non-hydrogen) atoms. The maximum Gasteiger partial charge on any atom is 0.277 e. The predicted molar refractivity (Wildman–Crippen MR) is 145 cm³/mol. The van der Waals surface area contributed by atoms with Crippen molar-refractivity contribution in [3.63, 3.8) is 0 Å². The molecular formula is C30H30N4O4. The number of anilines is 1. The Bertz CT molecular complexity index is 1430. The number of carbonyl (C=O) groups excluding carboxylic acids is 2. The van der Waals surface area contributed by atoms with Gasteiger partial charge in [-0.25, -0.2) is 0 Å². The molecule has 0 bridgehead atoms. The van der Waals surface area contributed by atoms with Crippen molar-refractivity contribution in [2.24, 2.45) is 0 Å². The minimum atomic E-state index is -1.23. The van der Waals surface area contributed by atoms with Crippen LogP contribution in [0.25, 0.3) is 11.3 Å². The highest BCUT2D eigenvalue weighted by atomic mass is 16.5. The molecule has 1 N–H and O–H groups in total. The van der Waals surface area contributed by atoms with Crippen molar-refractivity contribution in [2.75, 3.05) is 18.6 Å². The molecule has 0 radical (unpaired) electrons. The van der Waals surface area contributed by atoms with Crippen molar-refractivity contribution in [1.29, 1.82) is 0 Å². The van der Waals surface area contributed by atoms with Crippen LogP contribution in [-0.4, -0.2) is 40.9 Å². The van der Waals surface area contributed by atoms with E-state index in [0.717, 1.165) is 16.9 Å². The van der Waals surface area contributed by atoms with E-state index < -0.39 is 5.54 Å². The molecule has 1 atom stereocenters. The molecule has 194 valence electrons. The lowest BCUT2D eigenvalue weighted by molar-refractivity contribution is -0.126. The minimum Gasteiger partial charge on any atom is -0.497 e. The van der Waals surface area contributed by atoms with Crippen LogP contribution in [0.3, 0.4) is 0 Å². The van der Waals surface area contributed by atoms with Gasteiger partial charge < -0.3 is 14.8 Å². The molecule has 2 amide bonds. The Kier molecular flexibility index (Phi) is 6.87.